The van der Waals surface area contributed by atoms with E-state index in [4.69, 9.17) is 4.99 Å². The number of carbonyl (C=O) groups excluding carboxylic acids is 1. The summed E-state index contributed by atoms with van der Waals surface area (Å²) in [6.45, 7) is 8.06. The van der Waals surface area contributed by atoms with Crippen molar-refractivity contribution in [2.24, 2.45) is 10.9 Å². The van der Waals surface area contributed by atoms with Crippen LogP contribution in [-0.2, 0) is 6.42 Å². The third-order valence-electron chi connectivity index (χ3n) is 6.01. The summed E-state index contributed by atoms with van der Waals surface area (Å²) < 4.78 is 0. The largest absolute Gasteiger partial charge is 0.357 e. The molecule has 2 aromatic rings. The van der Waals surface area contributed by atoms with Crippen molar-refractivity contribution in [2.75, 3.05) is 40.3 Å². The number of hydrogen-bond acceptors (Lipinski definition) is 2. The lowest BCUT2D eigenvalue weighted by atomic mass is 9.82. The second-order valence-corrected chi connectivity index (χ2v) is 8.61. The highest BCUT2D eigenvalue weighted by atomic mass is 127. The zero-order valence-corrected chi connectivity index (χ0v) is 22.1. The molecule has 0 saturated carbocycles. The average molecular weight is 549 g/mol. The zero-order valence-electron chi connectivity index (χ0n) is 19.8. The number of likely N-dealkylation sites (tertiary alicyclic amines) is 1. The van der Waals surface area contributed by atoms with Gasteiger partial charge in [0.25, 0.3) is 5.91 Å². The SMILES string of the molecule is CCNC(=NCCc1cccc(C(=O)N(C)C)c1)N1CCC(c2ccccc2)C(C)C1.I. The topological polar surface area (TPSA) is 47.9 Å². The fraction of sp³-hybridized carbons (Fsp3) is 0.462. The molecule has 1 N–H and O–H groups in total. The Morgan fingerprint density at radius 1 is 1.16 bits per heavy atom. The molecule has 1 saturated heterocycles. The van der Waals surface area contributed by atoms with Crippen LogP contribution in [0.4, 0.5) is 0 Å². The van der Waals surface area contributed by atoms with Gasteiger partial charge in [-0.05, 0) is 54.9 Å². The van der Waals surface area contributed by atoms with Crippen molar-refractivity contribution >= 4 is 35.8 Å². The normalized spacial score (nSPS) is 18.6. The van der Waals surface area contributed by atoms with Gasteiger partial charge < -0.3 is 15.1 Å². The molecule has 2 atom stereocenters. The highest BCUT2D eigenvalue weighted by Crippen LogP contribution is 2.32. The molecule has 0 aromatic heterocycles. The van der Waals surface area contributed by atoms with E-state index in [2.05, 4.69) is 60.5 Å². The summed E-state index contributed by atoms with van der Waals surface area (Å²) in [6.07, 6.45) is 1.96. The van der Waals surface area contributed by atoms with E-state index in [1.54, 1.807) is 19.0 Å². The first kappa shape index (κ1) is 26.2. The number of hydrogen-bond donors (Lipinski definition) is 1. The van der Waals surface area contributed by atoms with Crippen molar-refractivity contribution in [2.45, 2.75) is 32.6 Å². The van der Waals surface area contributed by atoms with E-state index >= 15 is 0 Å². The first-order valence-corrected chi connectivity index (χ1v) is 11.4. The standard InChI is InChI=1S/C26H36N4O.HI/c1-5-27-26(28-16-14-21-10-9-13-23(18-21)25(31)29(3)4)30-17-15-24(20(2)19-30)22-11-7-6-8-12-22;/h6-13,18,20,24H,5,14-17,19H2,1-4H3,(H,27,28);1H. The van der Waals surface area contributed by atoms with E-state index in [0.29, 0.717) is 18.4 Å². The Morgan fingerprint density at radius 3 is 2.56 bits per heavy atom. The summed E-state index contributed by atoms with van der Waals surface area (Å²) in [5.41, 5.74) is 3.32. The van der Waals surface area contributed by atoms with Gasteiger partial charge in [0.1, 0.15) is 0 Å². The molecule has 3 rings (SSSR count). The summed E-state index contributed by atoms with van der Waals surface area (Å²) in [4.78, 5) is 21.1. The number of benzene rings is 2. The maximum Gasteiger partial charge on any atom is 0.253 e. The van der Waals surface area contributed by atoms with Gasteiger partial charge in [0.05, 0.1) is 0 Å². The quantitative estimate of drug-likeness (QED) is 0.325. The highest BCUT2D eigenvalue weighted by Gasteiger charge is 2.28. The summed E-state index contributed by atoms with van der Waals surface area (Å²) in [5.74, 6) is 2.22. The number of amides is 1. The molecule has 0 radical (unpaired) electrons. The molecule has 2 aromatic carbocycles. The van der Waals surface area contributed by atoms with Crippen LogP contribution in [0.2, 0.25) is 0 Å². The molecule has 174 valence electrons. The number of piperidine rings is 1. The summed E-state index contributed by atoms with van der Waals surface area (Å²) >= 11 is 0. The van der Waals surface area contributed by atoms with E-state index in [1.165, 1.54) is 5.56 Å². The fourth-order valence-electron chi connectivity index (χ4n) is 4.37. The minimum Gasteiger partial charge on any atom is -0.357 e. The van der Waals surface area contributed by atoms with Gasteiger partial charge in [-0.15, -0.1) is 24.0 Å². The van der Waals surface area contributed by atoms with Crippen molar-refractivity contribution in [1.82, 2.24) is 15.1 Å². The third kappa shape index (κ3) is 6.95. The smallest absolute Gasteiger partial charge is 0.253 e. The van der Waals surface area contributed by atoms with Crippen LogP contribution < -0.4 is 5.32 Å². The molecule has 6 heteroatoms. The Bertz CT molecular complexity index is 884. The van der Waals surface area contributed by atoms with Crippen LogP contribution >= 0.6 is 24.0 Å². The molecule has 1 fully saturated rings. The van der Waals surface area contributed by atoms with Crippen LogP contribution in [-0.4, -0.2) is 61.9 Å². The first-order valence-electron chi connectivity index (χ1n) is 11.4. The van der Waals surface area contributed by atoms with Crippen LogP contribution in [0.15, 0.2) is 59.6 Å². The predicted molar refractivity (Wildman–Crippen MR) is 144 cm³/mol. The molecule has 0 aliphatic carbocycles. The Kier molecular flexibility index (Phi) is 10.5. The van der Waals surface area contributed by atoms with E-state index in [9.17, 15) is 4.79 Å². The molecule has 1 aliphatic heterocycles. The van der Waals surface area contributed by atoms with Crippen LogP contribution in [0, 0.1) is 5.92 Å². The van der Waals surface area contributed by atoms with Gasteiger partial charge in [-0.3, -0.25) is 9.79 Å². The Morgan fingerprint density at radius 2 is 1.91 bits per heavy atom. The second-order valence-electron chi connectivity index (χ2n) is 8.61. The first-order chi connectivity index (χ1) is 15.0. The molecule has 0 spiro atoms. The van der Waals surface area contributed by atoms with Gasteiger partial charge in [0.15, 0.2) is 5.96 Å². The number of carbonyl (C=O) groups is 1. The monoisotopic (exact) mass is 548 g/mol. The fourth-order valence-corrected chi connectivity index (χ4v) is 4.37. The van der Waals surface area contributed by atoms with E-state index in [1.807, 2.05) is 18.2 Å². The van der Waals surface area contributed by atoms with E-state index < -0.39 is 0 Å². The molecule has 1 amide bonds. The lowest BCUT2D eigenvalue weighted by molar-refractivity contribution is 0.0827. The summed E-state index contributed by atoms with van der Waals surface area (Å²) in [5, 5.41) is 3.47. The number of aliphatic imine (C=N–C) groups is 1. The number of guanidine groups is 1. The minimum atomic E-state index is 0. The van der Waals surface area contributed by atoms with E-state index in [-0.39, 0.29) is 29.9 Å². The second kappa shape index (κ2) is 12.8. The van der Waals surface area contributed by atoms with Crippen molar-refractivity contribution in [3.05, 3.63) is 71.3 Å². The maximum absolute atomic E-state index is 12.2. The molecule has 1 aliphatic rings. The van der Waals surface area contributed by atoms with Crippen molar-refractivity contribution < 1.29 is 4.79 Å². The average Bonchev–Trinajstić information content (AvgIpc) is 2.78. The molecule has 5 nitrogen and oxygen atoms in total. The molecule has 32 heavy (non-hydrogen) atoms. The van der Waals surface area contributed by atoms with Gasteiger partial charge in [0, 0.05) is 45.8 Å². The minimum absolute atomic E-state index is 0. The molecular formula is C26H37IN4O. The Labute approximate surface area is 210 Å². The molecule has 1 heterocycles. The lowest BCUT2D eigenvalue weighted by Gasteiger charge is -2.39. The number of nitrogens with one attached hydrogen (secondary N) is 1. The van der Waals surface area contributed by atoms with Gasteiger partial charge in [-0.1, -0.05) is 49.4 Å². The van der Waals surface area contributed by atoms with Crippen LogP contribution in [0.5, 0.6) is 0 Å². The van der Waals surface area contributed by atoms with Gasteiger partial charge in [0.2, 0.25) is 0 Å². The van der Waals surface area contributed by atoms with Gasteiger partial charge in [-0.2, -0.15) is 0 Å². The number of rotatable bonds is 6. The molecule has 0 bridgehead atoms. The van der Waals surface area contributed by atoms with Crippen LogP contribution in [0.1, 0.15) is 47.7 Å². The van der Waals surface area contributed by atoms with E-state index in [0.717, 1.165) is 49.6 Å². The van der Waals surface area contributed by atoms with Crippen LogP contribution in [0.3, 0.4) is 0 Å². The Balaban J connectivity index is 0.00000363. The van der Waals surface area contributed by atoms with Crippen molar-refractivity contribution in [3.63, 3.8) is 0 Å². The number of halogens is 1. The number of nitrogens with zero attached hydrogens (tertiary/aromatic N) is 3. The maximum atomic E-state index is 12.2. The lowest BCUT2D eigenvalue weighted by Crippen LogP contribution is -2.48. The predicted octanol–water partition coefficient (Wildman–Crippen LogP) is 4.64. The van der Waals surface area contributed by atoms with Gasteiger partial charge in [-0.25, -0.2) is 0 Å². The zero-order chi connectivity index (χ0) is 22.2. The molecular weight excluding hydrogens is 511 g/mol. The van der Waals surface area contributed by atoms with Crippen molar-refractivity contribution in [1.29, 1.82) is 0 Å². The van der Waals surface area contributed by atoms with Crippen molar-refractivity contribution in [3.8, 4) is 0 Å². The van der Waals surface area contributed by atoms with Gasteiger partial charge >= 0.3 is 0 Å². The summed E-state index contributed by atoms with van der Waals surface area (Å²) in [7, 11) is 3.56. The Hall–Kier alpha value is -2.09. The van der Waals surface area contributed by atoms with Crippen LogP contribution in [0.25, 0.3) is 0 Å². The molecule has 2 unspecified atom stereocenters. The highest BCUT2D eigenvalue weighted by molar-refractivity contribution is 14.0. The summed E-state index contributed by atoms with van der Waals surface area (Å²) in [6, 6.07) is 18.8. The third-order valence-corrected chi connectivity index (χ3v) is 6.01.